The molecule has 0 saturated carbocycles. The second-order valence-corrected chi connectivity index (χ2v) is 4.11. The number of carbonyl (C=O) groups is 1. The lowest BCUT2D eigenvalue weighted by Gasteiger charge is -2.17. The molecule has 1 aromatic carbocycles. The zero-order valence-electron chi connectivity index (χ0n) is 10.8. The molecule has 0 aliphatic rings. The average molecular weight is 254 g/mol. The smallest absolute Gasteiger partial charge is 0.256 e. The second kappa shape index (κ2) is 7.08. The van der Waals surface area contributed by atoms with E-state index in [0.717, 1.165) is 5.56 Å². The van der Waals surface area contributed by atoms with Crippen molar-refractivity contribution in [2.24, 2.45) is 5.73 Å². The zero-order valence-corrected chi connectivity index (χ0v) is 10.8. The molecule has 0 saturated heterocycles. The highest BCUT2D eigenvalue weighted by atomic mass is 19.1. The number of aryl methyl sites for hydroxylation is 1. The summed E-state index contributed by atoms with van der Waals surface area (Å²) in [5, 5.41) is 0. The Morgan fingerprint density at radius 2 is 2.17 bits per heavy atom. The average Bonchev–Trinajstić information content (AvgIpc) is 2.36. The van der Waals surface area contributed by atoms with Crippen LogP contribution >= 0.6 is 0 Å². The molecule has 0 heterocycles. The third-order valence-corrected chi connectivity index (χ3v) is 2.53. The number of nitrogens with two attached hydrogens (primary N) is 1. The van der Waals surface area contributed by atoms with E-state index in [4.69, 9.17) is 10.5 Å². The Bertz CT molecular complexity index is 410. The van der Waals surface area contributed by atoms with Gasteiger partial charge in [-0.2, -0.15) is 0 Å². The first-order valence-corrected chi connectivity index (χ1v) is 5.85. The number of hydrogen-bond acceptors (Lipinski definition) is 3. The Morgan fingerprint density at radius 1 is 1.44 bits per heavy atom. The van der Waals surface area contributed by atoms with Crippen LogP contribution in [0.2, 0.25) is 0 Å². The van der Waals surface area contributed by atoms with E-state index >= 15 is 0 Å². The molecule has 1 rings (SSSR count). The van der Waals surface area contributed by atoms with Gasteiger partial charge in [-0.15, -0.1) is 0 Å². The summed E-state index contributed by atoms with van der Waals surface area (Å²) in [4.78, 5) is 13.4. The van der Waals surface area contributed by atoms with Gasteiger partial charge in [0.1, 0.15) is 5.82 Å². The fraction of sp³-hybridized carbons (Fsp3) is 0.462. The molecule has 0 bridgehead atoms. The first-order chi connectivity index (χ1) is 8.56. The molecule has 5 heteroatoms. The van der Waals surface area contributed by atoms with Gasteiger partial charge in [0.15, 0.2) is 0 Å². The van der Waals surface area contributed by atoms with Gasteiger partial charge in [0.25, 0.3) is 5.91 Å². The number of likely N-dealkylation sites (N-methyl/N-ethyl adjacent to an activating group) is 1. The minimum atomic E-state index is -0.500. The molecule has 4 nitrogen and oxygen atoms in total. The third kappa shape index (κ3) is 4.09. The Hall–Kier alpha value is -1.46. The Morgan fingerprint density at radius 3 is 2.83 bits per heavy atom. The molecular formula is C13H19FN2O2. The molecule has 0 atom stereocenters. The van der Waals surface area contributed by atoms with Crippen molar-refractivity contribution in [3.8, 4) is 0 Å². The second-order valence-electron chi connectivity index (χ2n) is 4.11. The summed E-state index contributed by atoms with van der Waals surface area (Å²) in [5.74, 6) is -0.840. The van der Waals surface area contributed by atoms with Gasteiger partial charge in [0, 0.05) is 20.1 Å². The van der Waals surface area contributed by atoms with Crippen LogP contribution in [0, 0.1) is 12.7 Å². The highest BCUT2D eigenvalue weighted by Crippen LogP contribution is 2.12. The minimum Gasteiger partial charge on any atom is -0.378 e. The molecule has 0 aliphatic carbocycles. The fourth-order valence-corrected chi connectivity index (χ4v) is 1.50. The minimum absolute atomic E-state index is 0.0938. The van der Waals surface area contributed by atoms with Gasteiger partial charge in [0.05, 0.1) is 18.8 Å². The van der Waals surface area contributed by atoms with Crippen molar-refractivity contribution in [3.63, 3.8) is 0 Å². The van der Waals surface area contributed by atoms with Gasteiger partial charge in [-0.1, -0.05) is 11.6 Å². The quantitative estimate of drug-likeness (QED) is 0.776. The number of amides is 1. The van der Waals surface area contributed by atoms with Gasteiger partial charge >= 0.3 is 0 Å². The van der Waals surface area contributed by atoms with Crippen LogP contribution in [-0.2, 0) is 4.74 Å². The van der Waals surface area contributed by atoms with Gasteiger partial charge in [-0.05, 0) is 19.1 Å². The largest absolute Gasteiger partial charge is 0.378 e. The fourth-order valence-electron chi connectivity index (χ4n) is 1.50. The first kappa shape index (κ1) is 14.6. The summed E-state index contributed by atoms with van der Waals surface area (Å²) in [6.07, 6.45) is 0. The number of carbonyl (C=O) groups excluding carboxylic acids is 1. The molecule has 1 aromatic rings. The van der Waals surface area contributed by atoms with Crippen LogP contribution in [0.5, 0.6) is 0 Å². The highest BCUT2D eigenvalue weighted by molar-refractivity contribution is 5.94. The lowest BCUT2D eigenvalue weighted by atomic mass is 10.1. The molecule has 18 heavy (non-hydrogen) atoms. The van der Waals surface area contributed by atoms with Crippen molar-refractivity contribution in [2.75, 3.05) is 33.4 Å². The summed E-state index contributed by atoms with van der Waals surface area (Å²) in [6.45, 7) is 3.53. The summed E-state index contributed by atoms with van der Waals surface area (Å²) in [5.41, 5.74) is 6.23. The van der Waals surface area contributed by atoms with Crippen molar-refractivity contribution in [1.82, 2.24) is 4.90 Å². The lowest BCUT2D eigenvalue weighted by molar-refractivity contribution is 0.0700. The van der Waals surface area contributed by atoms with Gasteiger partial charge < -0.3 is 15.4 Å². The van der Waals surface area contributed by atoms with E-state index in [1.165, 1.54) is 11.0 Å². The van der Waals surface area contributed by atoms with Crippen LogP contribution in [0.15, 0.2) is 18.2 Å². The molecule has 1 amide bonds. The number of ether oxygens (including phenoxy) is 1. The summed E-state index contributed by atoms with van der Waals surface area (Å²) < 4.78 is 18.7. The maximum absolute atomic E-state index is 13.5. The van der Waals surface area contributed by atoms with E-state index < -0.39 is 5.82 Å². The number of benzene rings is 1. The van der Waals surface area contributed by atoms with Gasteiger partial charge in [-0.25, -0.2) is 4.39 Å². The van der Waals surface area contributed by atoms with Crippen LogP contribution in [0.25, 0.3) is 0 Å². The van der Waals surface area contributed by atoms with Crippen LogP contribution in [0.3, 0.4) is 0 Å². The third-order valence-electron chi connectivity index (χ3n) is 2.53. The van der Waals surface area contributed by atoms with Crippen molar-refractivity contribution in [1.29, 1.82) is 0 Å². The predicted octanol–water partition coefficient (Wildman–Crippen LogP) is 1.18. The Kier molecular flexibility index (Phi) is 5.74. The van der Waals surface area contributed by atoms with Crippen molar-refractivity contribution >= 4 is 5.91 Å². The van der Waals surface area contributed by atoms with Gasteiger partial charge in [0.2, 0.25) is 0 Å². The summed E-state index contributed by atoms with van der Waals surface area (Å²) in [6, 6.07) is 4.49. The van der Waals surface area contributed by atoms with E-state index in [1.807, 2.05) is 6.92 Å². The normalized spacial score (nSPS) is 10.4. The highest BCUT2D eigenvalue weighted by Gasteiger charge is 2.15. The topological polar surface area (TPSA) is 55.6 Å². The molecule has 0 aliphatic heterocycles. The maximum atomic E-state index is 13.5. The maximum Gasteiger partial charge on any atom is 0.256 e. The van der Waals surface area contributed by atoms with Crippen LogP contribution in [-0.4, -0.2) is 44.2 Å². The van der Waals surface area contributed by atoms with E-state index in [-0.39, 0.29) is 11.5 Å². The van der Waals surface area contributed by atoms with E-state index in [1.54, 1.807) is 19.2 Å². The number of nitrogens with zero attached hydrogens (tertiary/aromatic N) is 1. The molecule has 0 aromatic heterocycles. The lowest BCUT2D eigenvalue weighted by Crippen LogP contribution is -2.31. The predicted molar refractivity (Wildman–Crippen MR) is 68.0 cm³/mol. The molecular weight excluding hydrogens is 235 g/mol. The molecule has 0 fully saturated rings. The van der Waals surface area contributed by atoms with Crippen molar-refractivity contribution < 1.29 is 13.9 Å². The number of halogens is 1. The van der Waals surface area contributed by atoms with Gasteiger partial charge in [-0.3, -0.25) is 4.79 Å². The first-order valence-electron chi connectivity index (χ1n) is 5.85. The van der Waals surface area contributed by atoms with Crippen molar-refractivity contribution in [3.05, 3.63) is 35.1 Å². The monoisotopic (exact) mass is 254 g/mol. The molecule has 0 radical (unpaired) electrons. The molecule has 100 valence electrons. The number of rotatable bonds is 6. The zero-order chi connectivity index (χ0) is 13.5. The Labute approximate surface area is 107 Å². The van der Waals surface area contributed by atoms with Crippen molar-refractivity contribution in [2.45, 2.75) is 6.92 Å². The molecule has 0 spiro atoms. The molecule has 2 N–H and O–H groups in total. The van der Waals surface area contributed by atoms with E-state index in [0.29, 0.717) is 26.3 Å². The van der Waals surface area contributed by atoms with Crippen LogP contribution in [0.1, 0.15) is 15.9 Å². The van der Waals surface area contributed by atoms with Crippen LogP contribution in [0.4, 0.5) is 4.39 Å². The molecule has 0 unspecified atom stereocenters. The van der Waals surface area contributed by atoms with Crippen LogP contribution < -0.4 is 5.73 Å². The standard InChI is InChI=1S/C13H19FN2O2/c1-10-3-4-12(14)11(9-10)13(17)16(2)6-8-18-7-5-15/h3-4,9H,5-8,15H2,1-2H3. The van der Waals surface area contributed by atoms with E-state index in [9.17, 15) is 9.18 Å². The van der Waals surface area contributed by atoms with E-state index in [2.05, 4.69) is 0 Å². The SMILES string of the molecule is Cc1ccc(F)c(C(=O)N(C)CCOCCN)c1. The Balaban J connectivity index is 2.60. The summed E-state index contributed by atoms with van der Waals surface area (Å²) >= 11 is 0. The summed E-state index contributed by atoms with van der Waals surface area (Å²) in [7, 11) is 1.62. The number of hydrogen-bond donors (Lipinski definition) is 1.